The van der Waals surface area contributed by atoms with Crippen molar-refractivity contribution in [3.8, 4) is 23.0 Å². The van der Waals surface area contributed by atoms with E-state index in [0.717, 1.165) is 24.1 Å². The summed E-state index contributed by atoms with van der Waals surface area (Å²) in [6, 6.07) is 11.3. The van der Waals surface area contributed by atoms with E-state index in [1.807, 2.05) is 48.6 Å². The second-order valence-corrected chi connectivity index (χ2v) is 7.54. The third kappa shape index (κ3) is 4.97. The molecule has 1 fully saturated rings. The van der Waals surface area contributed by atoms with Crippen LogP contribution in [-0.4, -0.2) is 58.8 Å². The van der Waals surface area contributed by atoms with Crippen LogP contribution < -0.4 is 18.9 Å². The topological polar surface area (TPSA) is 57.2 Å². The number of likely N-dealkylation sites (tertiary alicyclic amines) is 1. The summed E-state index contributed by atoms with van der Waals surface area (Å²) in [6.45, 7) is 4.20. The Balaban J connectivity index is 2.07. The predicted octanol–water partition coefficient (Wildman–Crippen LogP) is 4.48. The molecule has 1 heterocycles. The molecule has 1 aliphatic heterocycles. The first-order valence-electron chi connectivity index (χ1n) is 10.7. The van der Waals surface area contributed by atoms with Gasteiger partial charge in [0.2, 0.25) is 0 Å². The summed E-state index contributed by atoms with van der Waals surface area (Å²) in [7, 11) is 6.41. The normalized spacial score (nSPS) is 17.0. The largest absolute Gasteiger partial charge is 0.493 e. The Hall–Kier alpha value is -3.25. The minimum absolute atomic E-state index is 0.0205. The highest BCUT2D eigenvalue weighted by molar-refractivity contribution is 6.15. The highest BCUT2D eigenvalue weighted by Gasteiger charge is 2.26. The van der Waals surface area contributed by atoms with E-state index in [-0.39, 0.29) is 5.78 Å². The van der Waals surface area contributed by atoms with Crippen LogP contribution in [0.3, 0.4) is 0 Å². The monoisotopic (exact) mass is 437 g/mol. The molecule has 3 rings (SSSR count). The molecule has 2 aromatic carbocycles. The molecule has 0 amide bonds. The Kier molecular flexibility index (Phi) is 7.95. The van der Waals surface area contributed by atoms with Crippen molar-refractivity contribution < 1.29 is 23.7 Å². The number of methoxy groups -OCH3 is 4. The van der Waals surface area contributed by atoms with Crippen LogP contribution in [-0.2, 0) is 4.79 Å². The lowest BCUT2D eigenvalue weighted by molar-refractivity contribution is -0.113. The van der Waals surface area contributed by atoms with Gasteiger partial charge in [0.1, 0.15) is 0 Å². The van der Waals surface area contributed by atoms with Gasteiger partial charge in [-0.25, -0.2) is 0 Å². The first kappa shape index (κ1) is 23.4. The fourth-order valence-electron chi connectivity index (χ4n) is 4.01. The highest BCUT2D eigenvalue weighted by Crippen LogP contribution is 2.35. The number of benzene rings is 2. The van der Waals surface area contributed by atoms with Crippen molar-refractivity contribution >= 4 is 17.9 Å². The summed E-state index contributed by atoms with van der Waals surface area (Å²) in [6.07, 6.45) is 4.81. The van der Waals surface area contributed by atoms with E-state index in [1.165, 1.54) is 0 Å². The van der Waals surface area contributed by atoms with E-state index < -0.39 is 0 Å². The Morgan fingerprint density at radius 1 is 0.781 bits per heavy atom. The van der Waals surface area contributed by atoms with Crippen LogP contribution in [0.1, 0.15) is 24.5 Å². The van der Waals surface area contributed by atoms with Gasteiger partial charge >= 0.3 is 0 Å². The average Bonchev–Trinajstić information content (AvgIpc) is 2.81. The molecule has 6 nitrogen and oxygen atoms in total. The summed E-state index contributed by atoms with van der Waals surface area (Å²) in [4.78, 5) is 15.8. The number of rotatable bonds is 8. The van der Waals surface area contributed by atoms with E-state index >= 15 is 0 Å². The van der Waals surface area contributed by atoms with Gasteiger partial charge in [0.05, 0.1) is 28.4 Å². The Bertz CT molecular complexity index is 947. The number of carbonyl (C=O) groups excluding carboxylic acids is 1. The maximum Gasteiger partial charge on any atom is 0.187 e. The number of piperidine rings is 1. The second-order valence-electron chi connectivity index (χ2n) is 7.54. The highest BCUT2D eigenvalue weighted by atomic mass is 16.5. The van der Waals surface area contributed by atoms with Crippen molar-refractivity contribution in [1.82, 2.24) is 4.90 Å². The summed E-state index contributed by atoms with van der Waals surface area (Å²) in [5.74, 6) is 2.51. The SMILES string of the molecule is CCCN1C/C(=C\c2cccc(OC)c2OC)C(=O)/C(=C/c2cccc(OC)c2OC)C1. The smallest absolute Gasteiger partial charge is 0.187 e. The van der Waals surface area contributed by atoms with Crippen LogP contribution in [0.15, 0.2) is 47.5 Å². The molecule has 0 radical (unpaired) electrons. The maximum absolute atomic E-state index is 13.5. The molecule has 32 heavy (non-hydrogen) atoms. The lowest BCUT2D eigenvalue weighted by Crippen LogP contribution is -2.38. The first-order chi connectivity index (χ1) is 15.6. The molecule has 0 saturated carbocycles. The quantitative estimate of drug-likeness (QED) is 0.568. The minimum atomic E-state index is 0.0205. The molecule has 0 unspecified atom stereocenters. The summed E-state index contributed by atoms with van der Waals surface area (Å²) in [5.41, 5.74) is 3.05. The van der Waals surface area contributed by atoms with Gasteiger partial charge in [-0.15, -0.1) is 0 Å². The molecule has 0 atom stereocenters. The minimum Gasteiger partial charge on any atom is -0.493 e. The second kappa shape index (κ2) is 10.9. The van der Waals surface area contributed by atoms with E-state index in [2.05, 4.69) is 11.8 Å². The zero-order valence-corrected chi connectivity index (χ0v) is 19.4. The molecule has 1 saturated heterocycles. The zero-order valence-electron chi connectivity index (χ0n) is 19.4. The number of ketones is 1. The van der Waals surface area contributed by atoms with Crippen molar-refractivity contribution in [2.75, 3.05) is 48.1 Å². The molecule has 1 aliphatic rings. The van der Waals surface area contributed by atoms with Gasteiger partial charge in [0.15, 0.2) is 28.8 Å². The molecular formula is C26H31NO5. The fourth-order valence-corrected chi connectivity index (χ4v) is 4.01. The third-order valence-electron chi connectivity index (χ3n) is 5.44. The van der Waals surface area contributed by atoms with Gasteiger partial charge in [-0.2, -0.15) is 0 Å². The number of hydrogen-bond acceptors (Lipinski definition) is 6. The number of Topliss-reactive ketones (excluding diaryl/α,β-unsaturated/α-hetero) is 1. The van der Waals surface area contributed by atoms with Gasteiger partial charge < -0.3 is 18.9 Å². The number of nitrogens with zero attached hydrogens (tertiary/aromatic N) is 1. The van der Waals surface area contributed by atoms with Crippen LogP contribution in [0.5, 0.6) is 23.0 Å². The lowest BCUT2D eigenvalue weighted by atomic mass is 9.93. The van der Waals surface area contributed by atoms with Crippen molar-refractivity contribution in [3.63, 3.8) is 0 Å². The Morgan fingerprint density at radius 3 is 1.62 bits per heavy atom. The first-order valence-corrected chi connectivity index (χ1v) is 10.7. The number of carbonyl (C=O) groups is 1. The standard InChI is InChI=1S/C26H31NO5/c1-6-13-27-16-20(14-18-9-7-11-22(29-2)25(18)31-4)24(28)21(17-27)15-19-10-8-12-23(30-3)26(19)32-5/h7-12,14-15H,6,13,16-17H2,1-5H3/b20-14+,21-15+. The summed E-state index contributed by atoms with van der Waals surface area (Å²) in [5, 5.41) is 0. The molecule has 0 N–H and O–H groups in total. The fraction of sp³-hybridized carbons (Fsp3) is 0.346. The van der Waals surface area contributed by atoms with E-state index in [0.29, 0.717) is 47.2 Å². The van der Waals surface area contributed by atoms with Crippen molar-refractivity contribution in [2.45, 2.75) is 13.3 Å². The molecular weight excluding hydrogens is 406 g/mol. The van der Waals surface area contributed by atoms with Crippen LogP contribution in [0.25, 0.3) is 12.2 Å². The van der Waals surface area contributed by atoms with Crippen molar-refractivity contribution in [1.29, 1.82) is 0 Å². The van der Waals surface area contributed by atoms with Crippen molar-refractivity contribution in [2.24, 2.45) is 0 Å². The number of ether oxygens (including phenoxy) is 4. The van der Waals surface area contributed by atoms with E-state index in [1.54, 1.807) is 28.4 Å². The van der Waals surface area contributed by atoms with Gasteiger partial charge in [0, 0.05) is 35.4 Å². The molecule has 170 valence electrons. The Labute approximate surface area is 190 Å². The van der Waals surface area contributed by atoms with Crippen molar-refractivity contribution in [3.05, 3.63) is 58.7 Å². The van der Waals surface area contributed by atoms with E-state index in [4.69, 9.17) is 18.9 Å². The third-order valence-corrected chi connectivity index (χ3v) is 5.44. The molecule has 0 bridgehead atoms. The van der Waals surface area contributed by atoms with Crippen LogP contribution in [0, 0.1) is 0 Å². The molecule has 0 aliphatic carbocycles. The molecule has 0 spiro atoms. The average molecular weight is 438 g/mol. The number of hydrogen-bond donors (Lipinski definition) is 0. The molecule has 6 heteroatoms. The molecule has 2 aromatic rings. The van der Waals surface area contributed by atoms with Gasteiger partial charge in [-0.3, -0.25) is 9.69 Å². The summed E-state index contributed by atoms with van der Waals surface area (Å²) >= 11 is 0. The molecule has 0 aromatic heterocycles. The van der Waals surface area contributed by atoms with Crippen LogP contribution in [0.2, 0.25) is 0 Å². The zero-order chi connectivity index (χ0) is 23.1. The number of para-hydroxylation sites is 2. The van der Waals surface area contributed by atoms with E-state index in [9.17, 15) is 4.79 Å². The van der Waals surface area contributed by atoms with Gasteiger partial charge in [-0.1, -0.05) is 31.2 Å². The lowest BCUT2D eigenvalue weighted by Gasteiger charge is -2.29. The van der Waals surface area contributed by atoms with Crippen LogP contribution >= 0.6 is 0 Å². The van der Waals surface area contributed by atoms with Crippen LogP contribution in [0.4, 0.5) is 0 Å². The summed E-state index contributed by atoms with van der Waals surface area (Å²) < 4.78 is 21.9. The van der Waals surface area contributed by atoms with Gasteiger partial charge in [0.25, 0.3) is 0 Å². The Morgan fingerprint density at radius 2 is 1.25 bits per heavy atom. The maximum atomic E-state index is 13.5. The van der Waals surface area contributed by atoms with Gasteiger partial charge in [-0.05, 0) is 37.3 Å². The predicted molar refractivity (Wildman–Crippen MR) is 127 cm³/mol.